The van der Waals surface area contributed by atoms with Crippen molar-refractivity contribution in [2.24, 2.45) is 5.92 Å². The maximum Gasteiger partial charge on any atom is 0.389 e. The number of hydrogen-bond donors (Lipinski definition) is 2. The van der Waals surface area contributed by atoms with E-state index in [1.807, 2.05) is 24.3 Å². The molecule has 8 heteroatoms. The quantitative estimate of drug-likeness (QED) is 0.143. The normalized spacial score (nSPS) is 11.9. The minimum absolute atomic E-state index is 0.0238. The third kappa shape index (κ3) is 10.3. The summed E-state index contributed by atoms with van der Waals surface area (Å²) in [5.74, 6) is -1.25. The van der Waals surface area contributed by atoms with E-state index in [1.54, 1.807) is 48.5 Å². The molecule has 0 fully saturated rings. The van der Waals surface area contributed by atoms with Gasteiger partial charge >= 0.3 is 18.1 Å². The van der Waals surface area contributed by atoms with Gasteiger partial charge in [0.2, 0.25) is 0 Å². The van der Waals surface area contributed by atoms with Gasteiger partial charge < -0.3 is 14.9 Å². The Labute approximate surface area is 237 Å². The molecule has 3 rings (SSSR count). The van der Waals surface area contributed by atoms with E-state index in [9.17, 15) is 33.0 Å². The molecule has 0 saturated carbocycles. The number of carboxylic acid groups (broad SMARTS) is 2. The highest BCUT2D eigenvalue weighted by atomic mass is 19.4. The monoisotopic (exact) mass is 566 g/mol. The van der Waals surface area contributed by atoms with Crippen LogP contribution in [0.15, 0.2) is 85.1 Å². The second kappa shape index (κ2) is 14.9. The van der Waals surface area contributed by atoms with Crippen LogP contribution in [0.2, 0.25) is 0 Å². The Bertz CT molecular complexity index is 1350. The van der Waals surface area contributed by atoms with Gasteiger partial charge in [0.05, 0.1) is 17.7 Å². The Morgan fingerprint density at radius 1 is 0.854 bits per heavy atom. The molecule has 3 aromatic carbocycles. The van der Waals surface area contributed by atoms with E-state index < -0.39 is 24.5 Å². The van der Waals surface area contributed by atoms with Crippen LogP contribution in [0.5, 0.6) is 5.75 Å². The number of benzene rings is 3. The zero-order chi connectivity index (χ0) is 29.8. The number of carbonyl (C=O) groups is 2. The summed E-state index contributed by atoms with van der Waals surface area (Å²) < 4.78 is 43.2. The number of alkyl halides is 3. The molecule has 216 valence electrons. The van der Waals surface area contributed by atoms with Crippen molar-refractivity contribution in [2.75, 3.05) is 6.61 Å². The van der Waals surface area contributed by atoms with Crippen LogP contribution in [0.3, 0.4) is 0 Å². The number of para-hydroxylation sites is 1. The van der Waals surface area contributed by atoms with Gasteiger partial charge in [-0.2, -0.15) is 13.2 Å². The molecule has 0 radical (unpaired) electrons. The Balaban J connectivity index is 1.71. The molecule has 0 spiro atoms. The summed E-state index contributed by atoms with van der Waals surface area (Å²) in [6.07, 6.45) is -1.73. The first kappa shape index (κ1) is 31.2. The molecule has 0 aliphatic carbocycles. The fourth-order valence-electron chi connectivity index (χ4n) is 4.63. The highest BCUT2D eigenvalue weighted by Gasteiger charge is 2.26. The lowest BCUT2D eigenvalue weighted by atomic mass is 9.86. The Hall–Kier alpha value is -4.29. The summed E-state index contributed by atoms with van der Waals surface area (Å²) >= 11 is 0. The molecule has 3 aromatic rings. The number of hydrogen-bond acceptors (Lipinski definition) is 3. The average molecular weight is 567 g/mol. The van der Waals surface area contributed by atoms with Crippen LogP contribution in [0.4, 0.5) is 13.2 Å². The second-order valence-corrected chi connectivity index (χ2v) is 9.86. The third-order valence-electron chi connectivity index (χ3n) is 6.88. The van der Waals surface area contributed by atoms with Crippen molar-refractivity contribution in [3.05, 3.63) is 113 Å². The number of ether oxygens (including phenoxy) is 1. The molecule has 0 aromatic heterocycles. The highest BCUT2D eigenvalue weighted by molar-refractivity contribution is 5.88. The number of allylic oxidation sites excluding steroid dienone is 1. The largest absolute Gasteiger partial charge is 0.493 e. The Morgan fingerprint density at radius 2 is 1.44 bits per heavy atom. The van der Waals surface area contributed by atoms with Crippen molar-refractivity contribution in [3.63, 3.8) is 0 Å². The number of halogens is 3. The zero-order valence-corrected chi connectivity index (χ0v) is 22.6. The van der Waals surface area contributed by atoms with Crippen LogP contribution in [0, 0.1) is 5.92 Å². The van der Waals surface area contributed by atoms with Gasteiger partial charge in [-0.05, 0) is 91.5 Å². The SMILES string of the molecule is C=C=C(CCC(CCc1ccccc1OCCCC(F)(F)F)Cc1ccc(C(=O)O)cc1)c1ccc(C(=O)O)cc1. The molecule has 0 bridgehead atoms. The lowest BCUT2D eigenvalue weighted by Crippen LogP contribution is -2.11. The van der Waals surface area contributed by atoms with Gasteiger partial charge in [0, 0.05) is 12.0 Å². The molecular weight excluding hydrogens is 533 g/mol. The summed E-state index contributed by atoms with van der Waals surface area (Å²) in [6, 6.07) is 20.7. The summed E-state index contributed by atoms with van der Waals surface area (Å²) in [5.41, 5.74) is 6.99. The molecule has 0 amide bonds. The number of rotatable bonds is 15. The first-order valence-electron chi connectivity index (χ1n) is 13.4. The van der Waals surface area contributed by atoms with Crippen LogP contribution in [-0.2, 0) is 12.8 Å². The topological polar surface area (TPSA) is 83.8 Å². The van der Waals surface area contributed by atoms with Crippen molar-refractivity contribution in [1.29, 1.82) is 0 Å². The van der Waals surface area contributed by atoms with Crippen molar-refractivity contribution in [3.8, 4) is 5.75 Å². The molecule has 41 heavy (non-hydrogen) atoms. The van der Waals surface area contributed by atoms with Crippen LogP contribution in [0.25, 0.3) is 5.57 Å². The lowest BCUT2D eigenvalue weighted by molar-refractivity contribution is -0.136. The molecule has 1 unspecified atom stereocenters. The van der Waals surface area contributed by atoms with Gasteiger partial charge in [-0.15, -0.1) is 5.73 Å². The van der Waals surface area contributed by atoms with Crippen LogP contribution >= 0.6 is 0 Å². The number of aromatic carboxylic acids is 2. The maximum absolute atomic E-state index is 12.5. The fourth-order valence-corrected chi connectivity index (χ4v) is 4.63. The summed E-state index contributed by atoms with van der Waals surface area (Å²) in [5, 5.41) is 18.4. The van der Waals surface area contributed by atoms with Gasteiger partial charge in [-0.3, -0.25) is 0 Å². The molecule has 0 aliphatic rings. The first-order chi connectivity index (χ1) is 19.6. The standard InChI is InChI=1S/C33H33F3O5/c1-2-25(26-16-18-29(19-17-26)32(39)40)12-8-23(22-24-10-14-28(15-11-24)31(37)38)9-13-27-6-3-4-7-30(27)41-21-5-20-33(34,35)36/h3-4,6-7,10-11,14-19,23H,1,5,8-9,12-13,20-22H2,(H,37,38)(H,39,40). The van der Waals surface area contributed by atoms with E-state index in [1.165, 1.54) is 0 Å². The van der Waals surface area contributed by atoms with Crippen molar-refractivity contribution in [1.82, 2.24) is 0 Å². The summed E-state index contributed by atoms with van der Waals surface area (Å²) in [4.78, 5) is 22.5. The highest BCUT2D eigenvalue weighted by Crippen LogP contribution is 2.29. The fraction of sp³-hybridized carbons (Fsp3) is 0.303. The van der Waals surface area contributed by atoms with E-state index in [0.29, 0.717) is 25.0 Å². The summed E-state index contributed by atoms with van der Waals surface area (Å²) in [6.45, 7) is 3.79. The van der Waals surface area contributed by atoms with Crippen LogP contribution in [0.1, 0.15) is 69.5 Å². The molecule has 0 heterocycles. The van der Waals surface area contributed by atoms with Crippen LogP contribution in [-0.4, -0.2) is 34.9 Å². The molecule has 2 N–H and O–H groups in total. The number of carboxylic acids is 2. The van der Waals surface area contributed by atoms with Gasteiger partial charge in [0.1, 0.15) is 5.75 Å². The van der Waals surface area contributed by atoms with Crippen LogP contribution < -0.4 is 4.74 Å². The van der Waals surface area contributed by atoms with E-state index in [0.717, 1.165) is 35.1 Å². The van der Waals surface area contributed by atoms with Gasteiger partial charge in [0.15, 0.2) is 0 Å². The first-order valence-corrected chi connectivity index (χ1v) is 13.4. The average Bonchev–Trinajstić information content (AvgIpc) is 2.94. The van der Waals surface area contributed by atoms with E-state index >= 15 is 0 Å². The predicted molar refractivity (Wildman–Crippen MR) is 151 cm³/mol. The second-order valence-electron chi connectivity index (χ2n) is 9.86. The van der Waals surface area contributed by atoms with Gasteiger partial charge in [-0.25, -0.2) is 9.59 Å². The molecule has 1 atom stereocenters. The molecule has 0 aliphatic heterocycles. The molecule has 5 nitrogen and oxygen atoms in total. The third-order valence-corrected chi connectivity index (χ3v) is 6.88. The van der Waals surface area contributed by atoms with E-state index in [4.69, 9.17) is 4.74 Å². The minimum atomic E-state index is -4.21. The van der Waals surface area contributed by atoms with Crippen molar-refractivity contribution in [2.45, 2.75) is 51.1 Å². The lowest BCUT2D eigenvalue weighted by Gasteiger charge is -2.19. The van der Waals surface area contributed by atoms with E-state index in [2.05, 4.69) is 12.3 Å². The maximum atomic E-state index is 12.5. The smallest absolute Gasteiger partial charge is 0.389 e. The molecule has 0 saturated heterocycles. The van der Waals surface area contributed by atoms with Crippen molar-refractivity contribution >= 4 is 17.5 Å². The Morgan fingerprint density at radius 3 is 2.02 bits per heavy atom. The zero-order valence-electron chi connectivity index (χ0n) is 22.6. The number of aryl methyl sites for hydroxylation is 1. The molecular formula is C33H33F3O5. The van der Waals surface area contributed by atoms with Crippen molar-refractivity contribution < 1.29 is 37.7 Å². The Kier molecular flexibility index (Phi) is 11.4. The minimum Gasteiger partial charge on any atom is -0.493 e. The van der Waals surface area contributed by atoms with Gasteiger partial charge in [-0.1, -0.05) is 49.0 Å². The predicted octanol–water partition coefficient (Wildman–Crippen LogP) is 8.24. The summed E-state index contributed by atoms with van der Waals surface area (Å²) in [7, 11) is 0. The van der Waals surface area contributed by atoms with Gasteiger partial charge in [0.25, 0.3) is 0 Å². The van der Waals surface area contributed by atoms with E-state index in [-0.39, 0.29) is 30.1 Å².